The molecule has 0 saturated carbocycles. The van der Waals surface area contributed by atoms with Gasteiger partial charge in [-0.2, -0.15) is 0 Å². The third-order valence-electron chi connectivity index (χ3n) is 3.06. The lowest BCUT2D eigenvalue weighted by atomic mass is 10.2. The number of alkyl carbamates (subject to hydrolysis) is 1. The smallest absolute Gasteiger partial charge is 0.407 e. The van der Waals surface area contributed by atoms with E-state index in [1.165, 1.54) is 19.3 Å². The van der Waals surface area contributed by atoms with Crippen molar-refractivity contribution in [3.05, 3.63) is 29.8 Å². The fourth-order valence-electron chi connectivity index (χ4n) is 1.93. The van der Waals surface area contributed by atoms with Gasteiger partial charge in [-0.05, 0) is 51.3 Å². The minimum absolute atomic E-state index is 0.402. The van der Waals surface area contributed by atoms with Crippen molar-refractivity contribution in [2.75, 3.05) is 11.9 Å². The zero-order valence-electron chi connectivity index (χ0n) is 14.4. The van der Waals surface area contributed by atoms with Gasteiger partial charge in [0.05, 0.1) is 6.61 Å². The first-order valence-corrected chi connectivity index (χ1v) is 9.27. The summed E-state index contributed by atoms with van der Waals surface area (Å²) in [5, 5.41) is 3.82. The van der Waals surface area contributed by atoms with Gasteiger partial charge in [0.25, 0.3) is 0 Å². The van der Waals surface area contributed by atoms with Gasteiger partial charge in [0.15, 0.2) is 0 Å². The molecule has 0 unspecified atom stereocenters. The molecule has 0 bridgehead atoms. The molecule has 0 radical (unpaired) electrons. The lowest BCUT2D eigenvalue weighted by Crippen LogP contribution is -2.32. The van der Waals surface area contributed by atoms with Gasteiger partial charge in [-0.1, -0.05) is 40.9 Å². The number of benzene rings is 1. The lowest BCUT2D eigenvalue weighted by molar-refractivity contribution is 0.0523. The van der Waals surface area contributed by atoms with Crippen molar-refractivity contribution >= 4 is 22.0 Å². The summed E-state index contributed by atoms with van der Waals surface area (Å²) in [6.45, 7) is 6.73. The van der Waals surface area contributed by atoms with Crippen LogP contribution in [0.2, 0.25) is 0 Å². The Labute approximate surface area is 148 Å². The molecular weight excluding hydrogens is 358 g/mol. The molecule has 0 fully saturated rings. The van der Waals surface area contributed by atoms with Crippen LogP contribution in [0.5, 0.6) is 5.75 Å². The number of carbonyl (C=O) groups excluding carboxylic acids is 1. The molecule has 130 valence electrons. The number of amides is 1. The van der Waals surface area contributed by atoms with Crippen molar-refractivity contribution in [1.82, 2.24) is 5.32 Å². The van der Waals surface area contributed by atoms with Crippen molar-refractivity contribution < 1.29 is 14.3 Å². The number of alkyl halides is 1. The third-order valence-corrected chi connectivity index (χ3v) is 3.62. The van der Waals surface area contributed by atoms with Gasteiger partial charge in [-0.25, -0.2) is 4.79 Å². The second-order valence-corrected chi connectivity index (χ2v) is 7.24. The Hall–Kier alpha value is -1.23. The lowest BCUT2D eigenvalue weighted by Gasteiger charge is -2.19. The Morgan fingerprint density at radius 3 is 2.35 bits per heavy atom. The van der Waals surface area contributed by atoms with Crippen LogP contribution in [0.15, 0.2) is 24.3 Å². The molecule has 5 heteroatoms. The maximum atomic E-state index is 11.6. The summed E-state index contributed by atoms with van der Waals surface area (Å²) >= 11 is 3.43. The van der Waals surface area contributed by atoms with E-state index < -0.39 is 11.7 Å². The number of rotatable bonds is 9. The number of hydrogen-bond acceptors (Lipinski definition) is 3. The van der Waals surface area contributed by atoms with Crippen molar-refractivity contribution in [2.24, 2.45) is 0 Å². The molecule has 4 nitrogen and oxygen atoms in total. The second kappa shape index (κ2) is 10.5. The SMILES string of the molecule is CC(C)(C)OC(=O)NCc1ccc(OCCCCCCBr)cc1. The number of unbranched alkanes of at least 4 members (excludes halogenated alkanes) is 3. The first-order chi connectivity index (χ1) is 10.9. The van der Waals surface area contributed by atoms with Gasteiger partial charge >= 0.3 is 6.09 Å². The summed E-state index contributed by atoms with van der Waals surface area (Å²) < 4.78 is 10.9. The maximum absolute atomic E-state index is 11.6. The summed E-state index contributed by atoms with van der Waals surface area (Å²) in [6.07, 6.45) is 4.34. The van der Waals surface area contributed by atoms with Crippen LogP contribution < -0.4 is 10.1 Å². The van der Waals surface area contributed by atoms with Crippen molar-refractivity contribution in [3.8, 4) is 5.75 Å². The summed E-state index contributed by atoms with van der Waals surface area (Å²) in [5.74, 6) is 0.867. The van der Waals surface area contributed by atoms with Crippen LogP contribution in [0, 0.1) is 0 Å². The molecular formula is C18H28BrNO3. The van der Waals surface area contributed by atoms with E-state index in [9.17, 15) is 4.79 Å². The van der Waals surface area contributed by atoms with Crippen LogP contribution in [0.1, 0.15) is 52.0 Å². The summed E-state index contributed by atoms with van der Waals surface area (Å²) in [6, 6.07) is 7.78. The zero-order chi connectivity index (χ0) is 17.1. The molecule has 0 saturated heterocycles. The van der Waals surface area contributed by atoms with Gasteiger partial charge in [-0.15, -0.1) is 0 Å². The first-order valence-electron chi connectivity index (χ1n) is 8.15. The number of carbonyl (C=O) groups is 1. The summed E-state index contributed by atoms with van der Waals surface area (Å²) in [5.41, 5.74) is 0.538. The molecule has 1 aromatic rings. The average Bonchev–Trinajstić information content (AvgIpc) is 2.48. The van der Waals surface area contributed by atoms with E-state index in [1.807, 2.05) is 45.0 Å². The molecule has 23 heavy (non-hydrogen) atoms. The normalized spacial score (nSPS) is 11.1. The Balaban J connectivity index is 2.24. The highest BCUT2D eigenvalue weighted by molar-refractivity contribution is 9.09. The van der Waals surface area contributed by atoms with E-state index in [0.29, 0.717) is 6.54 Å². The van der Waals surface area contributed by atoms with Crippen molar-refractivity contribution in [3.63, 3.8) is 0 Å². The van der Waals surface area contributed by atoms with Crippen LogP contribution in [0.4, 0.5) is 4.79 Å². The van der Waals surface area contributed by atoms with Crippen LogP contribution in [-0.2, 0) is 11.3 Å². The molecule has 0 aromatic heterocycles. The molecule has 1 aromatic carbocycles. The largest absolute Gasteiger partial charge is 0.494 e. The topological polar surface area (TPSA) is 47.6 Å². The quantitative estimate of drug-likeness (QED) is 0.478. The van der Waals surface area contributed by atoms with Gasteiger partial charge in [0, 0.05) is 11.9 Å². The van der Waals surface area contributed by atoms with Crippen LogP contribution in [0.25, 0.3) is 0 Å². The molecule has 0 spiro atoms. The van der Waals surface area contributed by atoms with E-state index in [2.05, 4.69) is 21.2 Å². The van der Waals surface area contributed by atoms with Gasteiger partial charge in [0.2, 0.25) is 0 Å². The third kappa shape index (κ3) is 10.2. The second-order valence-electron chi connectivity index (χ2n) is 6.45. The zero-order valence-corrected chi connectivity index (χ0v) is 15.9. The maximum Gasteiger partial charge on any atom is 0.407 e. The molecule has 0 aliphatic heterocycles. The number of ether oxygens (including phenoxy) is 2. The fourth-order valence-corrected chi connectivity index (χ4v) is 2.33. The molecule has 0 aliphatic rings. The van der Waals surface area contributed by atoms with Crippen molar-refractivity contribution in [2.45, 2.75) is 58.6 Å². The standard InChI is InChI=1S/C18H28BrNO3/c1-18(2,3)23-17(21)20-14-15-8-10-16(11-9-15)22-13-7-5-4-6-12-19/h8-11H,4-7,12-14H2,1-3H3,(H,20,21). The van der Waals surface area contributed by atoms with Crippen LogP contribution in [0.3, 0.4) is 0 Å². The minimum atomic E-state index is -0.476. The van der Waals surface area contributed by atoms with Crippen LogP contribution >= 0.6 is 15.9 Å². The highest BCUT2D eigenvalue weighted by Crippen LogP contribution is 2.13. The first kappa shape index (κ1) is 19.8. The Morgan fingerprint density at radius 2 is 1.74 bits per heavy atom. The molecule has 0 atom stereocenters. The van der Waals surface area contributed by atoms with Gasteiger partial charge in [-0.3, -0.25) is 0 Å². The molecule has 1 rings (SSSR count). The van der Waals surface area contributed by atoms with Gasteiger partial charge in [0.1, 0.15) is 11.4 Å². The number of halogens is 1. The summed E-state index contributed by atoms with van der Waals surface area (Å²) in [4.78, 5) is 11.6. The number of hydrogen-bond donors (Lipinski definition) is 1. The Bertz CT molecular complexity index is 454. The Morgan fingerprint density at radius 1 is 1.09 bits per heavy atom. The average molecular weight is 386 g/mol. The molecule has 0 aliphatic carbocycles. The Kier molecular flexibility index (Phi) is 9.07. The van der Waals surface area contributed by atoms with Gasteiger partial charge < -0.3 is 14.8 Å². The molecule has 1 amide bonds. The summed E-state index contributed by atoms with van der Waals surface area (Å²) in [7, 11) is 0. The monoisotopic (exact) mass is 385 g/mol. The minimum Gasteiger partial charge on any atom is -0.494 e. The van der Waals surface area contributed by atoms with Crippen LogP contribution in [-0.4, -0.2) is 23.6 Å². The predicted molar refractivity (Wildman–Crippen MR) is 97.3 cm³/mol. The highest BCUT2D eigenvalue weighted by Gasteiger charge is 2.15. The fraction of sp³-hybridized carbons (Fsp3) is 0.611. The van der Waals surface area contributed by atoms with E-state index in [-0.39, 0.29) is 0 Å². The predicted octanol–water partition coefficient (Wildman–Crippen LogP) is 5.05. The van der Waals surface area contributed by atoms with E-state index >= 15 is 0 Å². The van der Waals surface area contributed by atoms with Crippen molar-refractivity contribution in [1.29, 1.82) is 0 Å². The molecule has 1 N–H and O–H groups in total. The molecule has 0 heterocycles. The number of nitrogens with one attached hydrogen (secondary N) is 1. The van der Waals surface area contributed by atoms with E-state index in [1.54, 1.807) is 0 Å². The van der Waals surface area contributed by atoms with E-state index in [0.717, 1.165) is 29.7 Å². The van der Waals surface area contributed by atoms with E-state index in [4.69, 9.17) is 9.47 Å². The highest BCUT2D eigenvalue weighted by atomic mass is 79.9.